The van der Waals surface area contributed by atoms with E-state index >= 15 is 0 Å². The molecule has 4 saturated carbocycles. The molecule has 4 aliphatic rings. The third-order valence-corrected chi connectivity index (χ3v) is 7.81. The van der Waals surface area contributed by atoms with Gasteiger partial charge in [-0.3, -0.25) is 9.59 Å². The van der Waals surface area contributed by atoms with Crippen molar-refractivity contribution in [2.45, 2.75) is 77.7 Å². The Morgan fingerprint density at radius 3 is 2.65 bits per heavy atom. The molecule has 0 aromatic carbocycles. The maximum absolute atomic E-state index is 12.1. The monoisotopic (exact) mass is 318 g/mol. The molecule has 0 heterocycles. The van der Waals surface area contributed by atoms with Crippen LogP contribution in [0.3, 0.4) is 0 Å². The van der Waals surface area contributed by atoms with E-state index in [1.165, 1.54) is 39.0 Å². The lowest BCUT2D eigenvalue weighted by molar-refractivity contribution is -0.151. The van der Waals surface area contributed by atoms with Crippen molar-refractivity contribution in [1.29, 1.82) is 0 Å². The van der Waals surface area contributed by atoms with Gasteiger partial charge in [0.2, 0.25) is 0 Å². The number of rotatable bonds is 1. The summed E-state index contributed by atoms with van der Waals surface area (Å²) in [5.41, 5.74) is 0.306. The number of carbonyl (C=O) groups is 2. The number of hydrogen-bond donors (Lipinski definition) is 0. The first kappa shape index (κ1) is 15.7. The van der Waals surface area contributed by atoms with Crippen LogP contribution < -0.4 is 0 Å². The fourth-order valence-electron chi connectivity index (χ4n) is 6.93. The Morgan fingerprint density at radius 1 is 1.09 bits per heavy atom. The molecule has 3 nitrogen and oxygen atoms in total. The normalized spacial score (nSPS) is 49.0. The van der Waals surface area contributed by atoms with Gasteiger partial charge in [0.15, 0.2) is 0 Å². The van der Waals surface area contributed by atoms with E-state index < -0.39 is 0 Å². The molecule has 3 heteroatoms. The van der Waals surface area contributed by atoms with Crippen LogP contribution in [0, 0.1) is 35.0 Å². The van der Waals surface area contributed by atoms with Gasteiger partial charge in [-0.15, -0.1) is 0 Å². The Hall–Kier alpha value is -0.860. The zero-order valence-corrected chi connectivity index (χ0v) is 14.6. The topological polar surface area (TPSA) is 43.4 Å². The third kappa shape index (κ3) is 2.64. The zero-order chi connectivity index (χ0) is 16.2. The SMILES string of the molecule is CC(=O)O[C@H]1CC[C@H]2[C@@H](CC[C@@H]3[C@H]2CC[C@]2(C)CC(=O)C[C@@H]32)C1. The predicted octanol–water partition coefficient (Wildman–Crippen LogP) is 4.14. The van der Waals surface area contributed by atoms with Gasteiger partial charge in [0, 0.05) is 19.8 Å². The largest absolute Gasteiger partial charge is 0.463 e. The van der Waals surface area contributed by atoms with E-state index in [1.807, 2.05) is 0 Å². The number of fused-ring (bicyclic) bond motifs is 5. The van der Waals surface area contributed by atoms with Crippen LogP contribution >= 0.6 is 0 Å². The van der Waals surface area contributed by atoms with Crippen molar-refractivity contribution in [1.82, 2.24) is 0 Å². The van der Waals surface area contributed by atoms with Gasteiger partial charge in [0.05, 0.1) is 0 Å². The average molecular weight is 318 g/mol. The summed E-state index contributed by atoms with van der Waals surface area (Å²) in [7, 11) is 0. The van der Waals surface area contributed by atoms with Crippen LogP contribution in [0.2, 0.25) is 0 Å². The molecule has 128 valence electrons. The minimum atomic E-state index is -0.125. The van der Waals surface area contributed by atoms with E-state index in [4.69, 9.17) is 4.74 Å². The van der Waals surface area contributed by atoms with Gasteiger partial charge in [-0.2, -0.15) is 0 Å². The molecule has 4 fully saturated rings. The minimum Gasteiger partial charge on any atom is -0.463 e. The van der Waals surface area contributed by atoms with Gasteiger partial charge in [-0.1, -0.05) is 6.92 Å². The molecular formula is C20H30O3. The molecule has 4 rings (SSSR count). The average Bonchev–Trinajstić information content (AvgIpc) is 2.80. The van der Waals surface area contributed by atoms with Crippen LogP contribution in [0.4, 0.5) is 0 Å². The van der Waals surface area contributed by atoms with Gasteiger partial charge in [-0.25, -0.2) is 0 Å². The lowest BCUT2D eigenvalue weighted by atomic mass is 9.50. The molecular weight excluding hydrogens is 288 g/mol. The van der Waals surface area contributed by atoms with Crippen molar-refractivity contribution in [3.8, 4) is 0 Å². The maximum Gasteiger partial charge on any atom is 0.302 e. The predicted molar refractivity (Wildman–Crippen MR) is 87.7 cm³/mol. The Kier molecular flexibility index (Phi) is 3.81. The fourth-order valence-corrected chi connectivity index (χ4v) is 6.93. The lowest BCUT2D eigenvalue weighted by Crippen LogP contribution is -2.48. The molecule has 0 spiro atoms. The maximum atomic E-state index is 12.1. The number of carbonyl (C=O) groups excluding carboxylic acids is 2. The molecule has 0 radical (unpaired) electrons. The van der Waals surface area contributed by atoms with Gasteiger partial charge in [0.25, 0.3) is 0 Å². The van der Waals surface area contributed by atoms with Crippen molar-refractivity contribution < 1.29 is 14.3 Å². The first-order valence-electron chi connectivity index (χ1n) is 9.65. The molecule has 0 bridgehead atoms. The van der Waals surface area contributed by atoms with Crippen LogP contribution in [-0.4, -0.2) is 17.9 Å². The van der Waals surface area contributed by atoms with Crippen molar-refractivity contribution in [3.63, 3.8) is 0 Å². The van der Waals surface area contributed by atoms with Crippen LogP contribution in [0.5, 0.6) is 0 Å². The van der Waals surface area contributed by atoms with E-state index in [0.717, 1.165) is 49.4 Å². The summed E-state index contributed by atoms with van der Waals surface area (Å²) >= 11 is 0. The summed E-state index contributed by atoms with van der Waals surface area (Å²) in [5.74, 6) is 4.22. The Labute approximate surface area is 139 Å². The quantitative estimate of drug-likeness (QED) is 0.682. The van der Waals surface area contributed by atoms with E-state index in [2.05, 4.69) is 6.92 Å². The number of ketones is 1. The first-order valence-corrected chi connectivity index (χ1v) is 9.65. The number of ether oxygens (including phenoxy) is 1. The van der Waals surface area contributed by atoms with E-state index in [0.29, 0.717) is 17.1 Å². The summed E-state index contributed by atoms with van der Waals surface area (Å²) in [4.78, 5) is 23.3. The van der Waals surface area contributed by atoms with Crippen LogP contribution in [0.1, 0.15) is 71.6 Å². The molecule has 0 aliphatic heterocycles. The van der Waals surface area contributed by atoms with Crippen LogP contribution in [0.15, 0.2) is 0 Å². The van der Waals surface area contributed by atoms with Gasteiger partial charge < -0.3 is 4.74 Å². The van der Waals surface area contributed by atoms with Crippen molar-refractivity contribution >= 4 is 11.8 Å². The highest BCUT2D eigenvalue weighted by atomic mass is 16.5. The summed E-state index contributed by atoms with van der Waals surface area (Å²) in [5, 5.41) is 0. The van der Waals surface area contributed by atoms with Crippen molar-refractivity contribution in [2.75, 3.05) is 0 Å². The van der Waals surface area contributed by atoms with Gasteiger partial charge >= 0.3 is 5.97 Å². The molecule has 0 aromatic rings. The molecule has 0 N–H and O–H groups in total. The van der Waals surface area contributed by atoms with E-state index in [-0.39, 0.29) is 12.1 Å². The second-order valence-electron chi connectivity index (χ2n) is 9.09. The van der Waals surface area contributed by atoms with E-state index in [9.17, 15) is 9.59 Å². The molecule has 0 saturated heterocycles. The summed E-state index contributed by atoms with van der Waals surface area (Å²) in [6.45, 7) is 3.91. The van der Waals surface area contributed by atoms with Gasteiger partial charge in [-0.05, 0) is 80.0 Å². The Bertz CT molecular complexity index is 513. The summed E-state index contributed by atoms with van der Waals surface area (Å²) in [6.07, 6.45) is 10.4. The Morgan fingerprint density at radius 2 is 1.87 bits per heavy atom. The highest BCUT2D eigenvalue weighted by Crippen LogP contribution is 2.61. The highest BCUT2D eigenvalue weighted by molar-refractivity contribution is 5.82. The highest BCUT2D eigenvalue weighted by Gasteiger charge is 2.55. The van der Waals surface area contributed by atoms with Gasteiger partial charge in [0.1, 0.15) is 11.9 Å². The number of Topliss-reactive ketones (excluding diaryl/α,β-unsaturated/α-hetero) is 1. The lowest BCUT2D eigenvalue weighted by Gasteiger charge is -2.55. The molecule has 0 unspecified atom stereocenters. The summed E-state index contributed by atoms with van der Waals surface area (Å²) < 4.78 is 5.49. The van der Waals surface area contributed by atoms with Crippen molar-refractivity contribution in [2.24, 2.45) is 35.0 Å². The molecule has 0 amide bonds. The number of esters is 1. The van der Waals surface area contributed by atoms with Crippen LogP contribution in [0.25, 0.3) is 0 Å². The smallest absolute Gasteiger partial charge is 0.302 e. The molecule has 7 atom stereocenters. The van der Waals surface area contributed by atoms with E-state index in [1.54, 1.807) is 0 Å². The Balaban J connectivity index is 1.48. The molecule has 23 heavy (non-hydrogen) atoms. The zero-order valence-electron chi connectivity index (χ0n) is 14.6. The second-order valence-corrected chi connectivity index (χ2v) is 9.09. The molecule has 4 aliphatic carbocycles. The standard InChI is InChI=1S/C20H30O3/c1-12(21)23-15-4-6-16-13(9-15)3-5-18-17(16)7-8-20(2)11-14(22)10-19(18)20/h13,15-19H,3-11H2,1-2H3/t13-,15-,16-,17-,18+,19-,20+/m0/s1. The fraction of sp³-hybridized carbons (Fsp3) is 0.900. The third-order valence-electron chi connectivity index (χ3n) is 7.81. The first-order chi connectivity index (χ1) is 11.0. The number of hydrogen-bond acceptors (Lipinski definition) is 3. The minimum absolute atomic E-state index is 0.125. The van der Waals surface area contributed by atoms with Crippen molar-refractivity contribution in [3.05, 3.63) is 0 Å². The molecule has 0 aromatic heterocycles. The second kappa shape index (κ2) is 5.60. The summed E-state index contributed by atoms with van der Waals surface area (Å²) in [6, 6.07) is 0. The van der Waals surface area contributed by atoms with Crippen LogP contribution in [-0.2, 0) is 14.3 Å².